The van der Waals surface area contributed by atoms with Gasteiger partial charge in [0.05, 0.1) is 11.3 Å². The van der Waals surface area contributed by atoms with Crippen LogP contribution in [0.25, 0.3) is 0 Å². The van der Waals surface area contributed by atoms with E-state index in [2.05, 4.69) is 30.6 Å². The molecule has 0 aliphatic heterocycles. The van der Waals surface area contributed by atoms with E-state index in [-0.39, 0.29) is 17.3 Å². The molecule has 134 valence electrons. The Bertz CT molecular complexity index is 839. The van der Waals surface area contributed by atoms with Crippen LogP contribution in [0.3, 0.4) is 0 Å². The molecule has 3 heterocycles. The van der Waals surface area contributed by atoms with Gasteiger partial charge in [-0.15, -0.1) is 0 Å². The van der Waals surface area contributed by atoms with E-state index in [0.29, 0.717) is 13.1 Å². The molecule has 0 aliphatic rings. The van der Waals surface area contributed by atoms with Gasteiger partial charge in [0, 0.05) is 44.4 Å². The van der Waals surface area contributed by atoms with Gasteiger partial charge in [-0.1, -0.05) is 6.07 Å². The van der Waals surface area contributed by atoms with Crippen LogP contribution in [0, 0.1) is 10.1 Å². The first kappa shape index (κ1) is 17.3. The SMILES string of the molecule is O=[N+]([O-])c1c(NCCCn2ccnc2)ncnc1NCc1cccnc1. The van der Waals surface area contributed by atoms with Crippen molar-refractivity contribution in [3.63, 3.8) is 0 Å². The topological polar surface area (TPSA) is 124 Å². The van der Waals surface area contributed by atoms with E-state index in [1.807, 2.05) is 16.8 Å². The second-order valence-corrected chi connectivity index (χ2v) is 5.47. The second-order valence-electron chi connectivity index (χ2n) is 5.47. The van der Waals surface area contributed by atoms with Gasteiger partial charge in [0.2, 0.25) is 11.6 Å². The first-order valence-corrected chi connectivity index (χ1v) is 8.06. The average molecular weight is 354 g/mol. The summed E-state index contributed by atoms with van der Waals surface area (Å²) in [5, 5.41) is 17.5. The number of nitro groups is 1. The highest BCUT2D eigenvalue weighted by atomic mass is 16.6. The molecule has 0 amide bonds. The van der Waals surface area contributed by atoms with Gasteiger partial charge >= 0.3 is 5.69 Å². The maximum Gasteiger partial charge on any atom is 0.353 e. The Balaban J connectivity index is 1.64. The number of hydrogen-bond donors (Lipinski definition) is 2. The fourth-order valence-corrected chi connectivity index (χ4v) is 2.39. The predicted octanol–water partition coefficient (Wildman–Crippen LogP) is 2.09. The van der Waals surface area contributed by atoms with Crippen LogP contribution in [0.4, 0.5) is 17.3 Å². The normalized spacial score (nSPS) is 10.5. The molecule has 0 aromatic carbocycles. The van der Waals surface area contributed by atoms with Crippen LogP contribution in [0.5, 0.6) is 0 Å². The molecule has 0 unspecified atom stereocenters. The Morgan fingerprint density at radius 2 is 2.00 bits per heavy atom. The third-order valence-electron chi connectivity index (χ3n) is 3.63. The van der Waals surface area contributed by atoms with Crippen LogP contribution < -0.4 is 10.6 Å². The molecule has 3 rings (SSSR count). The minimum atomic E-state index is -0.482. The summed E-state index contributed by atoms with van der Waals surface area (Å²) in [5.74, 6) is 0.371. The quantitative estimate of drug-likeness (QED) is 0.340. The molecule has 10 heteroatoms. The van der Waals surface area contributed by atoms with Crippen LogP contribution in [0.15, 0.2) is 49.6 Å². The largest absolute Gasteiger partial charge is 0.364 e. The molecule has 0 saturated heterocycles. The monoisotopic (exact) mass is 354 g/mol. The van der Waals surface area contributed by atoms with E-state index in [1.54, 1.807) is 31.0 Å². The highest BCUT2D eigenvalue weighted by molar-refractivity contribution is 5.69. The van der Waals surface area contributed by atoms with Gasteiger partial charge in [0.15, 0.2) is 0 Å². The zero-order chi connectivity index (χ0) is 18.2. The smallest absolute Gasteiger partial charge is 0.353 e. The number of aromatic nitrogens is 5. The number of imidazole rings is 1. The fraction of sp³-hybridized carbons (Fsp3) is 0.250. The molecule has 0 saturated carbocycles. The van der Waals surface area contributed by atoms with Crippen molar-refractivity contribution in [1.82, 2.24) is 24.5 Å². The molecule has 3 aromatic rings. The summed E-state index contributed by atoms with van der Waals surface area (Å²) in [5.41, 5.74) is 0.731. The first-order chi connectivity index (χ1) is 12.7. The molecule has 26 heavy (non-hydrogen) atoms. The number of nitrogens with zero attached hydrogens (tertiary/aromatic N) is 6. The fourth-order valence-electron chi connectivity index (χ4n) is 2.39. The van der Waals surface area contributed by atoms with Gasteiger partial charge in [0.25, 0.3) is 0 Å². The Kier molecular flexibility index (Phi) is 5.65. The second kappa shape index (κ2) is 8.51. The molecular formula is C16H18N8O2. The van der Waals surface area contributed by atoms with Crippen molar-refractivity contribution in [2.24, 2.45) is 0 Å². The molecule has 0 bridgehead atoms. The van der Waals surface area contributed by atoms with E-state index in [4.69, 9.17) is 0 Å². The summed E-state index contributed by atoms with van der Waals surface area (Å²) in [4.78, 5) is 27.0. The number of hydrogen-bond acceptors (Lipinski definition) is 8. The minimum Gasteiger partial charge on any atom is -0.364 e. The van der Waals surface area contributed by atoms with Gasteiger partial charge in [-0.05, 0) is 18.1 Å². The summed E-state index contributed by atoms with van der Waals surface area (Å²) in [7, 11) is 0. The molecular weight excluding hydrogens is 336 g/mol. The van der Waals surface area contributed by atoms with Gasteiger partial charge in [0.1, 0.15) is 6.33 Å². The molecule has 0 radical (unpaired) electrons. The summed E-state index contributed by atoms with van der Waals surface area (Å²) in [6, 6.07) is 3.68. The maximum atomic E-state index is 11.5. The van der Waals surface area contributed by atoms with E-state index in [1.165, 1.54) is 6.33 Å². The van der Waals surface area contributed by atoms with Gasteiger partial charge in [-0.2, -0.15) is 0 Å². The molecule has 0 atom stereocenters. The summed E-state index contributed by atoms with van der Waals surface area (Å²) >= 11 is 0. The zero-order valence-electron chi connectivity index (χ0n) is 13.9. The van der Waals surface area contributed by atoms with E-state index >= 15 is 0 Å². The van der Waals surface area contributed by atoms with Gasteiger partial charge in [-0.3, -0.25) is 15.1 Å². The van der Waals surface area contributed by atoms with Crippen LogP contribution in [-0.4, -0.2) is 36.0 Å². The summed E-state index contributed by atoms with van der Waals surface area (Å²) in [6.45, 7) is 1.68. The predicted molar refractivity (Wildman–Crippen MR) is 95.6 cm³/mol. The maximum absolute atomic E-state index is 11.5. The molecule has 0 aliphatic carbocycles. The Morgan fingerprint density at radius 1 is 1.15 bits per heavy atom. The molecule has 0 spiro atoms. The third kappa shape index (κ3) is 4.50. The summed E-state index contributed by atoms with van der Waals surface area (Å²) in [6.07, 6.45) is 10.7. The van der Waals surface area contributed by atoms with E-state index < -0.39 is 4.92 Å². The number of rotatable bonds is 9. The van der Waals surface area contributed by atoms with Crippen molar-refractivity contribution in [2.45, 2.75) is 19.5 Å². The number of aryl methyl sites for hydroxylation is 1. The number of nitrogens with one attached hydrogen (secondary N) is 2. The van der Waals surface area contributed by atoms with Crippen LogP contribution in [-0.2, 0) is 13.1 Å². The van der Waals surface area contributed by atoms with E-state index in [0.717, 1.165) is 18.5 Å². The number of pyridine rings is 1. The lowest BCUT2D eigenvalue weighted by Crippen LogP contribution is -2.12. The Labute approximate surface area is 149 Å². The van der Waals surface area contributed by atoms with Crippen molar-refractivity contribution < 1.29 is 4.92 Å². The van der Waals surface area contributed by atoms with Gasteiger partial charge in [-0.25, -0.2) is 15.0 Å². The lowest BCUT2D eigenvalue weighted by atomic mass is 10.3. The van der Waals surface area contributed by atoms with Crippen molar-refractivity contribution in [3.05, 3.63) is 65.3 Å². The average Bonchev–Trinajstić information content (AvgIpc) is 3.17. The highest BCUT2D eigenvalue weighted by Crippen LogP contribution is 2.29. The lowest BCUT2D eigenvalue weighted by Gasteiger charge is -2.10. The van der Waals surface area contributed by atoms with Crippen molar-refractivity contribution >= 4 is 17.3 Å². The highest BCUT2D eigenvalue weighted by Gasteiger charge is 2.22. The number of anilines is 2. The van der Waals surface area contributed by atoms with Crippen molar-refractivity contribution in [1.29, 1.82) is 0 Å². The summed E-state index contributed by atoms with van der Waals surface area (Å²) < 4.78 is 1.94. The standard InChI is InChI=1S/C16H18N8O2/c25-24(26)14-15(19-5-2-7-23-8-6-18-12-23)21-11-22-16(14)20-10-13-3-1-4-17-9-13/h1,3-4,6,8-9,11-12H,2,5,7,10H2,(H2,19,20,21,22). The van der Waals surface area contributed by atoms with Crippen molar-refractivity contribution in [2.75, 3.05) is 17.2 Å². The minimum absolute atomic E-state index is 0.168. The lowest BCUT2D eigenvalue weighted by molar-refractivity contribution is -0.383. The van der Waals surface area contributed by atoms with E-state index in [9.17, 15) is 10.1 Å². The Morgan fingerprint density at radius 3 is 2.69 bits per heavy atom. The zero-order valence-corrected chi connectivity index (χ0v) is 13.9. The van der Waals surface area contributed by atoms with Crippen LogP contribution in [0.2, 0.25) is 0 Å². The third-order valence-corrected chi connectivity index (χ3v) is 3.63. The van der Waals surface area contributed by atoms with Crippen molar-refractivity contribution in [3.8, 4) is 0 Å². The Hall–Kier alpha value is -3.56. The first-order valence-electron chi connectivity index (χ1n) is 8.06. The molecule has 0 fully saturated rings. The van der Waals surface area contributed by atoms with Crippen LogP contribution in [0.1, 0.15) is 12.0 Å². The molecule has 10 nitrogen and oxygen atoms in total. The van der Waals surface area contributed by atoms with Crippen LogP contribution >= 0.6 is 0 Å². The molecule has 2 N–H and O–H groups in total. The van der Waals surface area contributed by atoms with Gasteiger partial charge < -0.3 is 15.2 Å². The molecule has 3 aromatic heterocycles.